The number of rotatable bonds is 5. The van der Waals surface area contributed by atoms with Crippen molar-refractivity contribution in [1.82, 2.24) is 10.2 Å². The number of nitrogens with one attached hydrogen (secondary N) is 2. The lowest BCUT2D eigenvalue weighted by atomic mass is 9.93. The quantitative estimate of drug-likeness (QED) is 0.884. The van der Waals surface area contributed by atoms with Crippen molar-refractivity contribution in [1.29, 1.82) is 0 Å². The molecule has 2 aromatic heterocycles. The van der Waals surface area contributed by atoms with Gasteiger partial charge in [-0.05, 0) is 38.3 Å². The van der Waals surface area contributed by atoms with E-state index in [2.05, 4.69) is 22.4 Å². The van der Waals surface area contributed by atoms with E-state index < -0.39 is 0 Å². The number of aromatic nitrogens is 2. The first-order valence-corrected chi connectivity index (χ1v) is 8.20. The summed E-state index contributed by atoms with van der Waals surface area (Å²) < 4.78 is 11.2. The fraction of sp³-hybridized carbons (Fsp3) is 0.529. The van der Waals surface area contributed by atoms with E-state index in [1.807, 2.05) is 19.1 Å². The molecule has 1 aliphatic heterocycles. The maximum absolute atomic E-state index is 12.4. The number of ether oxygens (including phenoxy) is 1. The van der Waals surface area contributed by atoms with Crippen LogP contribution in [0.4, 0.5) is 5.82 Å². The molecule has 1 saturated heterocycles. The summed E-state index contributed by atoms with van der Waals surface area (Å²) in [6.07, 6.45) is 3.83. The van der Waals surface area contributed by atoms with Gasteiger partial charge in [0.05, 0.1) is 6.10 Å². The summed E-state index contributed by atoms with van der Waals surface area (Å²) in [5.74, 6) is 2.08. The van der Waals surface area contributed by atoms with Gasteiger partial charge < -0.3 is 14.5 Å². The van der Waals surface area contributed by atoms with E-state index in [4.69, 9.17) is 9.15 Å². The van der Waals surface area contributed by atoms with E-state index >= 15 is 0 Å². The summed E-state index contributed by atoms with van der Waals surface area (Å²) in [5, 5.41) is 9.93. The predicted octanol–water partition coefficient (Wildman–Crippen LogP) is 3.51. The fourth-order valence-electron chi connectivity index (χ4n) is 2.96. The number of aryl methyl sites for hydroxylation is 1. The van der Waals surface area contributed by atoms with E-state index in [-0.39, 0.29) is 17.9 Å². The van der Waals surface area contributed by atoms with Crippen LogP contribution in [0.1, 0.15) is 38.4 Å². The molecule has 6 nitrogen and oxygen atoms in total. The highest BCUT2D eigenvalue weighted by Gasteiger charge is 2.27. The topological polar surface area (TPSA) is 80.2 Å². The number of amides is 1. The summed E-state index contributed by atoms with van der Waals surface area (Å²) in [5.41, 5.74) is 0.754. The Hall–Kier alpha value is -2.08. The highest BCUT2D eigenvalue weighted by Crippen LogP contribution is 2.26. The molecule has 3 rings (SSSR count). The number of carbonyl (C=O) groups excluding carboxylic acids is 1. The number of hydrogen-bond acceptors (Lipinski definition) is 4. The molecule has 2 N–H and O–H groups in total. The standard InChI is InChI=1S/C17H23N3O3/c1-3-4-13-9-12(7-8-22-13)17(21)18-16-10-14(19-20-16)15-6-5-11(2)23-15/h5-6,10,12-13H,3-4,7-9H2,1-2H3,(H2,18,19,20,21). The summed E-state index contributed by atoms with van der Waals surface area (Å²) >= 11 is 0. The third kappa shape index (κ3) is 3.82. The van der Waals surface area contributed by atoms with Crippen LogP contribution in [0.3, 0.4) is 0 Å². The van der Waals surface area contributed by atoms with Crippen LogP contribution in [0.2, 0.25) is 0 Å². The lowest BCUT2D eigenvalue weighted by Crippen LogP contribution is -2.33. The molecule has 2 aromatic rings. The molecule has 6 heteroatoms. The minimum absolute atomic E-state index is 0.00805. The Labute approximate surface area is 135 Å². The van der Waals surface area contributed by atoms with Gasteiger partial charge in [0.25, 0.3) is 0 Å². The van der Waals surface area contributed by atoms with Crippen molar-refractivity contribution in [3.05, 3.63) is 24.0 Å². The zero-order valence-corrected chi connectivity index (χ0v) is 13.6. The van der Waals surface area contributed by atoms with Crippen LogP contribution in [0.15, 0.2) is 22.6 Å². The molecule has 23 heavy (non-hydrogen) atoms. The molecule has 1 fully saturated rings. The molecule has 0 radical (unpaired) electrons. The SMILES string of the molecule is CCCC1CC(C(=O)Nc2cc(-c3ccc(C)o3)[nH]n2)CCO1. The van der Waals surface area contributed by atoms with Crippen LogP contribution in [0, 0.1) is 12.8 Å². The number of nitrogens with zero attached hydrogens (tertiary/aromatic N) is 1. The largest absolute Gasteiger partial charge is 0.460 e. The molecule has 1 aliphatic rings. The van der Waals surface area contributed by atoms with E-state index in [0.29, 0.717) is 18.2 Å². The summed E-state index contributed by atoms with van der Waals surface area (Å²) in [6, 6.07) is 5.56. The first kappa shape index (κ1) is 15.8. The highest BCUT2D eigenvalue weighted by atomic mass is 16.5. The molecule has 2 atom stereocenters. The monoisotopic (exact) mass is 317 g/mol. The molecule has 1 amide bonds. The maximum atomic E-state index is 12.4. The molecule has 0 aromatic carbocycles. The van der Waals surface area contributed by atoms with Gasteiger partial charge in [0.15, 0.2) is 11.6 Å². The number of H-pyrrole nitrogens is 1. The van der Waals surface area contributed by atoms with Gasteiger partial charge >= 0.3 is 0 Å². The van der Waals surface area contributed by atoms with Crippen molar-refractivity contribution < 1.29 is 13.9 Å². The van der Waals surface area contributed by atoms with Crippen LogP contribution >= 0.6 is 0 Å². The van der Waals surface area contributed by atoms with Crippen LogP contribution in [0.25, 0.3) is 11.5 Å². The second kappa shape index (κ2) is 7.00. The molecule has 0 saturated carbocycles. The van der Waals surface area contributed by atoms with Crippen molar-refractivity contribution in [3.8, 4) is 11.5 Å². The van der Waals surface area contributed by atoms with E-state index in [1.54, 1.807) is 6.07 Å². The molecule has 2 unspecified atom stereocenters. The van der Waals surface area contributed by atoms with Gasteiger partial charge in [-0.25, -0.2) is 0 Å². The Balaban J connectivity index is 1.61. The third-order valence-electron chi connectivity index (χ3n) is 4.18. The smallest absolute Gasteiger partial charge is 0.228 e. The number of furan rings is 1. The van der Waals surface area contributed by atoms with E-state index in [1.165, 1.54) is 0 Å². The number of aromatic amines is 1. The Morgan fingerprint density at radius 2 is 2.35 bits per heavy atom. The zero-order valence-electron chi connectivity index (χ0n) is 13.6. The zero-order chi connectivity index (χ0) is 16.2. The summed E-state index contributed by atoms with van der Waals surface area (Å²) in [4.78, 5) is 12.4. The van der Waals surface area contributed by atoms with Crippen LogP contribution in [-0.4, -0.2) is 28.8 Å². The molecule has 3 heterocycles. The van der Waals surface area contributed by atoms with Crippen molar-refractivity contribution >= 4 is 11.7 Å². The Kier molecular flexibility index (Phi) is 4.81. The number of carbonyl (C=O) groups is 1. The Morgan fingerprint density at radius 3 is 3.09 bits per heavy atom. The van der Waals surface area contributed by atoms with E-state index in [0.717, 1.165) is 37.1 Å². The number of hydrogen-bond donors (Lipinski definition) is 2. The van der Waals surface area contributed by atoms with Crippen LogP contribution < -0.4 is 5.32 Å². The fourth-order valence-corrected chi connectivity index (χ4v) is 2.96. The second-order valence-corrected chi connectivity index (χ2v) is 6.07. The minimum Gasteiger partial charge on any atom is -0.460 e. The number of anilines is 1. The molecular weight excluding hydrogens is 294 g/mol. The van der Waals surface area contributed by atoms with Crippen molar-refractivity contribution in [3.63, 3.8) is 0 Å². The molecule has 0 bridgehead atoms. The van der Waals surface area contributed by atoms with Gasteiger partial charge in [0, 0.05) is 18.6 Å². The van der Waals surface area contributed by atoms with Gasteiger partial charge in [0.2, 0.25) is 5.91 Å². The van der Waals surface area contributed by atoms with Gasteiger partial charge in [-0.2, -0.15) is 5.10 Å². The normalized spacial score (nSPS) is 21.3. The maximum Gasteiger partial charge on any atom is 0.228 e. The minimum atomic E-state index is -0.00805. The van der Waals surface area contributed by atoms with Gasteiger partial charge in [-0.3, -0.25) is 9.89 Å². The summed E-state index contributed by atoms with van der Waals surface area (Å²) in [6.45, 7) is 4.68. The van der Waals surface area contributed by atoms with Gasteiger partial charge in [-0.15, -0.1) is 0 Å². The first-order valence-electron chi connectivity index (χ1n) is 8.20. The average Bonchev–Trinajstić information content (AvgIpc) is 3.17. The second-order valence-electron chi connectivity index (χ2n) is 6.07. The van der Waals surface area contributed by atoms with Crippen LogP contribution in [0.5, 0.6) is 0 Å². The Bertz CT molecular complexity index is 660. The lowest BCUT2D eigenvalue weighted by molar-refractivity contribution is -0.125. The highest BCUT2D eigenvalue weighted by molar-refractivity contribution is 5.92. The first-order chi connectivity index (χ1) is 11.2. The van der Waals surface area contributed by atoms with E-state index in [9.17, 15) is 4.79 Å². The molecular formula is C17H23N3O3. The third-order valence-corrected chi connectivity index (χ3v) is 4.18. The van der Waals surface area contributed by atoms with Crippen molar-refractivity contribution in [2.24, 2.45) is 5.92 Å². The van der Waals surface area contributed by atoms with Gasteiger partial charge in [0.1, 0.15) is 11.5 Å². The predicted molar refractivity (Wildman–Crippen MR) is 87.0 cm³/mol. The molecule has 124 valence electrons. The average molecular weight is 317 g/mol. The van der Waals surface area contributed by atoms with Crippen molar-refractivity contribution in [2.45, 2.75) is 45.6 Å². The molecule has 0 aliphatic carbocycles. The Morgan fingerprint density at radius 1 is 1.48 bits per heavy atom. The summed E-state index contributed by atoms with van der Waals surface area (Å²) in [7, 11) is 0. The van der Waals surface area contributed by atoms with Crippen LogP contribution in [-0.2, 0) is 9.53 Å². The van der Waals surface area contributed by atoms with Gasteiger partial charge in [-0.1, -0.05) is 13.3 Å². The molecule has 0 spiro atoms. The lowest BCUT2D eigenvalue weighted by Gasteiger charge is -2.28. The van der Waals surface area contributed by atoms with Crippen molar-refractivity contribution in [2.75, 3.05) is 11.9 Å².